The molecule has 0 aliphatic rings. The van der Waals surface area contributed by atoms with Gasteiger partial charge >= 0.3 is 0 Å². The molecule has 1 aromatic heterocycles. The second-order valence-corrected chi connectivity index (χ2v) is 6.52. The standard InChI is InChI=1S/C16H15NS2/c1-11-6-7-16(14(17)8-11)19-10-12-9-18-15-5-3-2-4-13(12)15/h2-9H,10,17H2,1H3. The Balaban J connectivity index is 1.82. The van der Waals surface area contributed by atoms with Gasteiger partial charge in [0.05, 0.1) is 0 Å². The topological polar surface area (TPSA) is 26.0 Å². The van der Waals surface area contributed by atoms with Crippen LogP contribution in [0.25, 0.3) is 10.1 Å². The summed E-state index contributed by atoms with van der Waals surface area (Å²) in [7, 11) is 0. The summed E-state index contributed by atoms with van der Waals surface area (Å²) >= 11 is 3.62. The summed E-state index contributed by atoms with van der Waals surface area (Å²) in [5.41, 5.74) is 9.54. The van der Waals surface area contributed by atoms with Crippen molar-refractivity contribution in [2.24, 2.45) is 0 Å². The Morgan fingerprint density at radius 3 is 2.84 bits per heavy atom. The Morgan fingerprint density at radius 2 is 2.00 bits per heavy atom. The van der Waals surface area contributed by atoms with Crippen molar-refractivity contribution < 1.29 is 0 Å². The van der Waals surface area contributed by atoms with Crippen LogP contribution in [0.15, 0.2) is 52.7 Å². The van der Waals surface area contributed by atoms with E-state index in [1.54, 1.807) is 0 Å². The summed E-state index contributed by atoms with van der Waals surface area (Å²) in [6.45, 7) is 2.07. The van der Waals surface area contributed by atoms with Crippen LogP contribution in [-0.2, 0) is 5.75 Å². The number of nitrogen functional groups attached to an aromatic ring is 1. The number of thioether (sulfide) groups is 1. The van der Waals surface area contributed by atoms with Gasteiger partial charge in [0.25, 0.3) is 0 Å². The van der Waals surface area contributed by atoms with Gasteiger partial charge in [-0.1, -0.05) is 24.3 Å². The Kier molecular flexibility index (Phi) is 3.49. The average molecular weight is 285 g/mol. The van der Waals surface area contributed by atoms with Gasteiger partial charge < -0.3 is 5.73 Å². The van der Waals surface area contributed by atoms with E-state index >= 15 is 0 Å². The molecule has 19 heavy (non-hydrogen) atoms. The zero-order valence-corrected chi connectivity index (χ0v) is 12.4. The third kappa shape index (κ3) is 2.62. The molecule has 2 aromatic carbocycles. The number of hydrogen-bond acceptors (Lipinski definition) is 3. The second kappa shape index (κ2) is 5.27. The van der Waals surface area contributed by atoms with E-state index in [0.29, 0.717) is 0 Å². The number of nitrogens with two attached hydrogens (primary N) is 1. The smallest absolute Gasteiger partial charge is 0.0454 e. The van der Waals surface area contributed by atoms with Crippen LogP contribution in [0.2, 0.25) is 0 Å². The first-order valence-electron chi connectivity index (χ1n) is 6.18. The molecule has 0 unspecified atom stereocenters. The van der Waals surface area contributed by atoms with Crippen molar-refractivity contribution in [2.75, 3.05) is 5.73 Å². The van der Waals surface area contributed by atoms with Crippen molar-refractivity contribution in [3.05, 3.63) is 59.0 Å². The predicted molar refractivity (Wildman–Crippen MR) is 87.0 cm³/mol. The van der Waals surface area contributed by atoms with Gasteiger partial charge in [-0.25, -0.2) is 0 Å². The van der Waals surface area contributed by atoms with Crippen LogP contribution in [0.1, 0.15) is 11.1 Å². The largest absolute Gasteiger partial charge is 0.398 e. The Labute approximate surface area is 121 Å². The molecule has 3 heteroatoms. The van der Waals surface area contributed by atoms with Crippen LogP contribution in [-0.4, -0.2) is 0 Å². The highest BCUT2D eigenvalue weighted by atomic mass is 32.2. The van der Waals surface area contributed by atoms with Crippen LogP contribution in [0.3, 0.4) is 0 Å². The third-order valence-corrected chi connectivity index (χ3v) is 5.26. The first kappa shape index (κ1) is 12.6. The zero-order valence-electron chi connectivity index (χ0n) is 10.7. The molecule has 1 heterocycles. The predicted octanol–water partition coefficient (Wildman–Crippen LogP) is 5.08. The Morgan fingerprint density at radius 1 is 1.16 bits per heavy atom. The molecule has 0 amide bonds. The first-order valence-corrected chi connectivity index (χ1v) is 8.04. The van der Waals surface area contributed by atoms with E-state index in [2.05, 4.69) is 48.7 Å². The average Bonchev–Trinajstić information content (AvgIpc) is 2.81. The molecule has 0 spiro atoms. The Hall–Kier alpha value is -1.45. The molecular formula is C16H15NS2. The van der Waals surface area contributed by atoms with Crippen LogP contribution >= 0.6 is 23.1 Å². The summed E-state index contributed by atoms with van der Waals surface area (Å²) in [4.78, 5) is 1.17. The maximum absolute atomic E-state index is 6.06. The maximum Gasteiger partial charge on any atom is 0.0454 e. The SMILES string of the molecule is Cc1ccc(SCc2csc3ccccc23)c(N)c1. The lowest BCUT2D eigenvalue weighted by atomic mass is 10.2. The molecule has 0 aliphatic heterocycles. The van der Waals surface area contributed by atoms with Crippen molar-refractivity contribution >= 4 is 38.9 Å². The van der Waals surface area contributed by atoms with E-state index in [1.807, 2.05) is 29.2 Å². The molecular weight excluding hydrogens is 270 g/mol. The zero-order chi connectivity index (χ0) is 13.2. The number of fused-ring (bicyclic) bond motifs is 1. The van der Waals surface area contributed by atoms with E-state index in [1.165, 1.54) is 26.1 Å². The summed E-state index contributed by atoms with van der Waals surface area (Å²) in [6, 6.07) is 14.8. The summed E-state index contributed by atoms with van der Waals surface area (Å²) in [6.07, 6.45) is 0. The maximum atomic E-state index is 6.06. The van der Waals surface area contributed by atoms with Gasteiger partial charge in [-0.2, -0.15) is 0 Å². The van der Waals surface area contributed by atoms with Crippen LogP contribution in [0, 0.1) is 6.92 Å². The lowest BCUT2D eigenvalue weighted by molar-refractivity contribution is 1.37. The summed E-state index contributed by atoms with van der Waals surface area (Å²) in [5, 5.41) is 3.62. The number of anilines is 1. The van der Waals surface area contributed by atoms with E-state index in [0.717, 1.165) is 11.4 Å². The van der Waals surface area contributed by atoms with Crippen LogP contribution < -0.4 is 5.73 Å². The summed E-state index contributed by atoms with van der Waals surface area (Å²) < 4.78 is 1.36. The van der Waals surface area contributed by atoms with Crippen molar-refractivity contribution in [3.8, 4) is 0 Å². The fourth-order valence-corrected chi connectivity index (χ4v) is 4.11. The lowest BCUT2D eigenvalue weighted by Gasteiger charge is -2.06. The molecule has 0 aliphatic carbocycles. The molecule has 3 rings (SSSR count). The van der Waals surface area contributed by atoms with Crippen molar-refractivity contribution in [1.29, 1.82) is 0 Å². The molecule has 0 bridgehead atoms. The minimum atomic E-state index is 0.879. The highest BCUT2D eigenvalue weighted by Crippen LogP contribution is 2.33. The molecule has 96 valence electrons. The number of benzene rings is 2. The lowest BCUT2D eigenvalue weighted by Crippen LogP contribution is -1.89. The fourth-order valence-electron chi connectivity index (χ4n) is 2.10. The quantitative estimate of drug-likeness (QED) is 0.536. The van der Waals surface area contributed by atoms with Crippen molar-refractivity contribution in [2.45, 2.75) is 17.6 Å². The summed E-state index contributed by atoms with van der Waals surface area (Å²) in [5.74, 6) is 0.970. The first-order chi connectivity index (χ1) is 9.24. The van der Waals surface area contributed by atoms with Gasteiger partial charge in [0.1, 0.15) is 0 Å². The molecule has 0 saturated carbocycles. The minimum Gasteiger partial charge on any atom is -0.398 e. The van der Waals surface area contributed by atoms with Crippen LogP contribution in [0.5, 0.6) is 0 Å². The highest BCUT2D eigenvalue weighted by Gasteiger charge is 2.05. The van der Waals surface area contributed by atoms with E-state index < -0.39 is 0 Å². The highest BCUT2D eigenvalue weighted by molar-refractivity contribution is 7.98. The van der Waals surface area contributed by atoms with Gasteiger partial charge in [-0.3, -0.25) is 0 Å². The molecule has 2 N–H and O–H groups in total. The fraction of sp³-hybridized carbons (Fsp3) is 0.125. The van der Waals surface area contributed by atoms with E-state index in [9.17, 15) is 0 Å². The molecule has 1 nitrogen and oxygen atoms in total. The van der Waals surface area contributed by atoms with Crippen LogP contribution in [0.4, 0.5) is 5.69 Å². The number of thiophene rings is 1. The third-order valence-electron chi connectivity index (χ3n) is 3.11. The molecule has 0 saturated heterocycles. The van der Waals surface area contributed by atoms with Gasteiger partial charge in [0.2, 0.25) is 0 Å². The molecule has 0 radical (unpaired) electrons. The minimum absolute atomic E-state index is 0.879. The number of rotatable bonds is 3. The van der Waals surface area contributed by atoms with Gasteiger partial charge in [-0.15, -0.1) is 23.1 Å². The number of hydrogen-bond donors (Lipinski definition) is 1. The van der Waals surface area contributed by atoms with Crippen molar-refractivity contribution in [3.63, 3.8) is 0 Å². The normalized spacial score (nSPS) is 11.0. The molecule has 3 aromatic rings. The second-order valence-electron chi connectivity index (χ2n) is 4.59. The number of aryl methyl sites for hydroxylation is 1. The van der Waals surface area contributed by atoms with Crippen molar-refractivity contribution in [1.82, 2.24) is 0 Å². The van der Waals surface area contributed by atoms with Gasteiger partial charge in [0.15, 0.2) is 0 Å². The van der Waals surface area contributed by atoms with Gasteiger partial charge in [0, 0.05) is 21.0 Å². The molecule has 0 atom stereocenters. The van der Waals surface area contributed by atoms with E-state index in [4.69, 9.17) is 5.73 Å². The Bertz CT molecular complexity index is 716. The molecule has 0 fully saturated rings. The monoisotopic (exact) mass is 285 g/mol. The van der Waals surface area contributed by atoms with Gasteiger partial charge in [-0.05, 0) is 47.0 Å². The van der Waals surface area contributed by atoms with E-state index in [-0.39, 0.29) is 0 Å².